The molecule has 0 saturated carbocycles. The topological polar surface area (TPSA) is 173 Å². The van der Waals surface area contributed by atoms with Gasteiger partial charge >= 0.3 is 20.2 Å². The van der Waals surface area contributed by atoms with E-state index in [9.17, 15) is 37.1 Å². The highest BCUT2D eigenvalue weighted by Crippen LogP contribution is 2.22. The third-order valence-corrected chi connectivity index (χ3v) is 5.76. The summed E-state index contributed by atoms with van der Waals surface area (Å²) in [6.45, 7) is 0. The van der Waals surface area contributed by atoms with Crippen molar-refractivity contribution in [2.45, 2.75) is 6.42 Å². The van der Waals surface area contributed by atoms with Crippen LogP contribution in [0.4, 0.5) is 11.4 Å². The normalized spacial score (nSPS) is 11.6. The number of non-ortho nitro benzene ring substituents is 2. The van der Waals surface area contributed by atoms with E-state index in [1.807, 2.05) is 0 Å². The van der Waals surface area contributed by atoms with E-state index in [0.717, 1.165) is 24.3 Å². The molecule has 14 heteroatoms. The average Bonchev–Trinajstić information content (AvgIpc) is 2.60. The number of benzene rings is 2. The Morgan fingerprint density at radius 3 is 1.45 bits per heavy atom. The van der Waals surface area contributed by atoms with Crippen molar-refractivity contribution in [2.75, 3.05) is 11.5 Å². The van der Waals surface area contributed by atoms with Crippen molar-refractivity contribution in [1.29, 1.82) is 0 Å². The van der Waals surface area contributed by atoms with Crippen LogP contribution in [0, 0.1) is 20.2 Å². The molecule has 2 aromatic rings. The largest absolute Gasteiger partial charge is 0.382 e. The van der Waals surface area contributed by atoms with E-state index in [2.05, 4.69) is 0 Å². The summed E-state index contributed by atoms with van der Waals surface area (Å²) in [7, 11) is -8.44. The Bertz CT molecular complexity index is 1040. The summed E-state index contributed by atoms with van der Waals surface area (Å²) in [5, 5.41) is 21.4. The first-order chi connectivity index (χ1) is 13.5. The Kier molecular flexibility index (Phi) is 6.71. The number of hydrogen-bond donors (Lipinski definition) is 0. The van der Waals surface area contributed by atoms with Crippen molar-refractivity contribution < 1.29 is 35.0 Å². The molecule has 0 aliphatic rings. The maximum Gasteiger partial charge on any atom is 0.309 e. The molecular weight excluding hydrogens is 432 g/mol. The van der Waals surface area contributed by atoms with Gasteiger partial charge in [-0.05, 0) is 18.6 Å². The molecule has 0 saturated heterocycles. The van der Waals surface area contributed by atoms with Crippen LogP contribution >= 0.6 is 0 Å². The van der Waals surface area contributed by atoms with Gasteiger partial charge < -0.3 is 8.37 Å². The predicted octanol–water partition coefficient (Wildman–Crippen LogP) is 2.01. The second-order valence-electron chi connectivity index (χ2n) is 5.55. The van der Waals surface area contributed by atoms with Crippen LogP contribution in [0.1, 0.15) is 6.42 Å². The fourth-order valence-electron chi connectivity index (χ4n) is 2.09. The molecule has 12 nitrogen and oxygen atoms in total. The summed E-state index contributed by atoms with van der Waals surface area (Å²) < 4.78 is 57.2. The van der Waals surface area contributed by atoms with Gasteiger partial charge in [0, 0.05) is 12.1 Å². The minimum atomic E-state index is -4.22. The van der Waals surface area contributed by atoms with E-state index >= 15 is 0 Å². The quantitative estimate of drug-likeness (QED) is 0.298. The Morgan fingerprint density at radius 2 is 1.10 bits per heavy atom. The van der Waals surface area contributed by atoms with Gasteiger partial charge in [0.2, 0.25) is 0 Å². The smallest absolute Gasteiger partial charge is 0.309 e. The third kappa shape index (κ3) is 7.00. The molecule has 156 valence electrons. The molecule has 29 heavy (non-hydrogen) atoms. The molecule has 0 aromatic heterocycles. The van der Waals surface area contributed by atoms with Crippen LogP contribution in [0.5, 0.6) is 11.5 Å². The van der Waals surface area contributed by atoms with Crippen LogP contribution in [0.25, 0.3) is 0 Å². The molecule has 0 amide bonds. The van der Waals surface area contributed by atoms with Gasteiger partial charge in [-0.1, -0.05) is 12.1 Å². The monoisotopic (exact) mass is 446 g/mol. The first kappa shape index (κ1) is 22.0. The van der Waals surface area contributed by atoms with E-state index in [-0.39, 0.29) is 22.9 Å². The van der Waals surface area contributed by atoms with Crippen LogP contribution in [0.15, 0.2) is 48.5 Å². The number of hydrogen-bond acceptors (Lipinski definition) is 10. The maximum atomic E-state index is 11.9. The molecule has 0 heterocycles. The fourth-order valence-corrected chi connectivity index (χ4v) is 4.23. The van der Waals surface area contributed by atoms with Gasteiger partial charge in [-0.25, -0.2) is 0 Å². The number of nitrogens with zero attached hydrogens (tertiary/aromatic N) is 2. The lowest BCUT2D eigenvalue weighted by molar-refractivity contribution is -0.385. The van der Waals surface area contributed by atoms with Gasteiger partial charge in [0.15, 0.2) is 0 Å². The van der Waals surface area contributed by atoms with Crippen LogP contribution in [-0.4, -0.2) is 38.2 Å². The fraction of sp³-hybridized carbons (Fsp3) is 0.200. The molecule has 0 unspecified atom stereocenters. The van der Waals surface area contributed by atoms with Crippen LogP contribution in [0.3, 0.4) is 0 Å². The van der Waals surface area contributed by atoms with Gasteiger partial charge in [-0.2, -0.15) is 16.8 Å². The highest BCUT2D eigenvalue weighted by Gasteiger charge is 2.20. The summed E-state index contributed by atoms with van der Waals surface area (Å²) in [5.74, 6) is -1.97. The molecule has 0 atom stereocenters. The summed E-state index contributed by atoms with van der Waals surface area (Å²) >= 11 is 0. The number of rotatable bonds is 10. The summed E-state index contributed by atoms with van der Waals surface area (Å²) in [6, 6.07) is 9.01. The molecule has 0 bridgehead atoms. The predicted molar refractivity (Wildman–Crippen MR) is 99.6 cm³/mol. The third-order valence-electron chi connectivity index (χ3n) is 3.29. The molecule has 0 N–H and O–H groups in total. The van der Waals surface area contributed by atoms with E-state index in [0.29, 0.717) is 0 Å². The van der Waals surface area contributed by atoms with Crippen LogP contribution in [0.2, 0.25) is 0 Å². The van der Waals surface area contributed by atoms with Gasteiger partial charge in [0.25, 0.3) is 11.4 Å². The van der Waals surface area contributed by atoms with Gasteiger partial charge in [-0.15, -0.1) is 0 Å². The Hall–Kier alpha value is -3.26. The van der Waals surface area contributed by atoms with E-state index in [1.54, 1.807) is 0 Å². The Balaban J connectivity index is 1.95. The van der Waals surface area contributed by atoms with Gasteiger partial charge in [-0.3, -0.25) is 20.2 Å². The lowest BCUT2D eigenvalue weighted by atomic mass is 10.3. The number of nitro groups is 2. The van der Waals surface area contributed by atoms with Crippen molar-refractivity contribution in [3.05, 3.63) is 68.8 Å². The molecule has 0 aliphatic heterocycles. The standard InChI is InChI=1S/C15H14N2O10S2/c18-16(19)12-4-1-6-14(10-12)26-28(22,23)8-3-9-29(24,25)27-15-7-2-5-13(11-15)17(20)21/h1-2,4-7,10-11H,3,8-9H2. The van der Waals surface area contributed by atoms with Crippen molar-refractivity contribution in [3.8, 4) is 11.5 Å². The zero-order chi connectivity index (χ0) is 21.7. The summed E-state index contributed by atoms with van der Waals surface area (Å²) in [5.41, 5.74) is -0.740. The minimum absolute atomic E-state index is 0.282. The van der Waals surface area contributed by atoms with Crippen molar-refractivity contribution >= 4 is 31.6 Å². The van der Waals surface area contributed by atoms with Gasteiger partial charge in [0.1, 0.15) is 11.5 Å². The molecule has 0 fully saturated rings. The molecular formula is C15H14N2O10S2. The van der Waals surface area contributed by atoms with E-state index in [1.165, 1.54) is 24.3 Å². The summed E-state index contributed by atoms with van der Waals surface area (Å²) in [4.78, 5) is 19.9. The molecule has 0 radical (unpaired) electrons. The second kappa shape index (κ2) is 8.83. The molecule has 2 aromatic carbocycles. The summed E-state index contributed by atoms with van der Waals surface area (Å²) in [6.07, 6.45) is -0.394. The van der Waals surface area contributed by atoms with E-state index in [4.69, 9.17) is 8.37 Å². The van der Waals surface area contributed by atoms with Crippen molar-refractivity contribution in [1.82, 2.24) is 0 Å². The Morgan fingerprint density at radius 1 is 0.724 bits per heavy atom. The van der Waals surface area contributed by atoms with E-state index < -0.39 is 48.0 Å². The maximum absolute atomic E-state index is 11.9. The minimum Gasteiger partial charge on any atom is -0.382 e. The lowest BCUT2D eigenvalue weighted by Crippen LogP contribution is -2.19. The SMILES string of the molecule is O=[N+]([O-])c1cccc(OS(=O)(=O)CCCS(=O)(=O)Oc2cccc([N+](=O)[O-])c2)c1. The zero-order valence-corrected chi connectivity index (χ0v) is 16.2. The molecule has 0 spiro atoms. The zero-order valence-electron chi connectivity index (χ0n) is 14.5. The lowest BCUT2D eigenvalue weighted by Gasteiger charge is -2.08. The Labute approximate surface area is 165 Å². The molecule has 2 rings (SSSR count). The van der Waals surface area contributed by atoms with Gasteiger partial charge in [0.05, 0.1) is 33.5 Å². The first-order valence-corrected chi connectivity index (χ1v) is 11.0. The average molecular weight is 446 g/mol. The van der Waals surface area contributed by atoms with Crippen molar-refractivity contribution in [2.24, 2.45) is 0 Å². The van der Waals surface area contributed by atoms with Crippen molar-refractivity contribution in [3.63, 3.8) is 0 Å². The highest BCUT2D eigenvalue weighted by molar-refractivity contribution is 7.88. The molecule has 0 aliphatic carbocycles. The second-order valence-corrected chi connectivity index (χ2v) is 8.93. The van der Waals surface area contributed by atoms with Crippen LogP contribution in [-0.2, 0) is 20.2 Å². The highest BCUT2D eigenvalue weighted by atomic mass is 32.2. The first-order valence-electron chi connectivity index (χ1n) is 7.81. The number of nitro benzene ring substituents is 2. The van der Waals surface area contributed by atoms with Crippen LogP contribution < -0.4 is 8.37 Å².